The zero-order chi connectivity index (χ0) is 8.81. The second kappa shape index (κ2) is 5.13. The summed E-state index contributed by atoms with van der Waals surface area (Å²) in [6.07, 6.45) is 1.71. The van der Waals surface area contributed by atoms with Crippen LogP contribution in [-0.2, 0) is 4.74 Å². The molecule has 3 heteroatoms. The number of nitriles is 1. The molecule has 0 aliphatic carbocycles. The third-order valence-corrected chi connectivity index (χ3v) is 2.36. The van der Waals surface area contributed by atoms with Crippen LogP contribution in [0.4, 0.5) is 0 Å². The highest BCUT2D eigenvalue weighted by atomic mass is 16.5. The van der Waals surface area contributed by atoms with E-state index in [0.29, 0.717) is 12.5 Å². The summed E-state index contributed by atoms with van der Waals surface area (Å²) in [5.41, 5.74) is 0. The van der Waals surface area contributed by atoms with Crippen molar-refractivity contribution in [2.75, 3.05) is 26.3 Å². The van der Waals surface area contributed by atoms with Gasteiger partial charge in [-0.25, -0.2) is 0 Å². The van der Waals surface area contributed by atoms with Gasteiger partial charge >= 0.3 is 0 Å². The van der Waals surface area contributed by atoms with Crippen molar-refractivity contribution in [2.24, 2.45) is 0 Å². The lowest BCUT2D eigenvalue weighted by molar-refractivity contribution is 0.0167. The fourth-order valence-corrected chi connectivity index (χ4v) is 1.58. The highest BCUT2D eigenvalue weighted by Crippen LogP contribution is 2.09. The van der Waals surface area contributed by atoms with Gasteiger partial charge in [-0.15, -0.1) is 0 Å². The maximum atomic E-state index is 8.59. The summed E-state index contributed by atoms with van der Waals surface area (Å²) in [7, 11) is 0. The van der Waals surface area contributed by atoms with E-state index in [2.05, 4.69) is 17.9 Å². The van der Waals surface area contributed by atoms with Crippen LogP contribution < -0.4 is 0 Å². The van der Waals surface area contributed by atoms with Crippen molar-refractivity contribution >= 4 is 0 Å². The predicted molar refractivity (Wildman–Crippen MR) is 46.7 cm³/mol. The van der Waals surface area contributed by atoms with E-state index in [4.69, 9.17) is 10.00 Å². The van der Waals surface area contributed by atoms with Crippen molar-refractivity contribution in [3.63, 3.8) is 0 Å². The molecule has 1 fully saturated rings. The van der Waals surface area contributed by atoms with Gasteiger partial charge < -0.3 is 4.74 Å². The molecule has 0 spiro atoms. The molecule has 1 aliphatic rings. The Balaban J connectivity index is 2.36. The van der Waals surface area contributed by atoms with Gasteiger partial charge in [0.15, 0.2) is 0 Å². The summed E-state index contributed by atoms with van der Waals surface area (Å²) >= 11 is 0. The van der Waals surface area contributed by atoms with Crippen molar-refractivity contribution in [3.05, 3.63) is 0 Å². The molecule has 0 N–H and O–H groups in total. The largest absolute Gasteiger partial charge is 0.379 e. The van der Waals surface area contributed by atoms with Crippen LogP contribution in [0.1, 0.15) is 19.8 Å². The molecule has 1 heterocycles. The standard InChI is InChI=1S/C9H16N2O/c1-2-9(3-4-10)11-5-7-12-8-6-11/h9H,2-3,5-8H2,1H3. The Morgan fingerprint density at radius 1 is 1.50 bits per heavy atom. The topological polar surface area (TPSA) is 36.3 Å². The predicted octanol–water partition coefficient (Wildman–Crippen LogP) is 1.01. The van der Waals surface area contributed by atoms with Gasteiger partial charge in [0.1, 0.15) is 0 Å². The Kier molecular flexibility index (Phi) is 4.06. The van der Waals surface area contributed by atoms with Crippen LogP contribution in [0.2, 0.25) is 0 Å². The lowest BCUT2D eigenvalue weighted by Gasteiger charge is -2.32. The van der Waals surface area contributed by atoms with Crippen molar-refractivity contribution in [3.8, 4) is 6.07 Å². The Bertz CT molecular complexity index is 158. The Hall–Kier alpha value is -0.590. The number of ether oxygens (including phenoxy) is 1. The normalized spacial score (nSPS) is 21.7. The fourth-order valence-electron chi connectivity index (χ4n) is 1.58. The van der Waals surface area contributed by atoms with Gasteiger partial charge in [0.25, 0.3) is 0 Å². The molecule has 1 atom stereocenters. The Morgan fingerprint density at radius 2 is 2.17 bits per heavy atom. The van der Waals surface area contributed by atoms with E-state index in [1.54, 1.807) is 0 Å². The van der Waals surface area contributed by atoms with E-state index in [0.717, 1.165) is 32.7 Å². The van der Waals surface area contributed by atoms with Crippen molar-refractivity contribution in [1.82, 2.24) is 4.90 Å². The molecular formula is C9H16N2O. The quantitative estimate of drug-likeness (QED) is 0.631. The molecule has 0 bridgehead atoms. The SMILES string of the molecule is CCC(CC#N)N1CCOCC1. The maximum absolute atomic E-state index is 8.59. The molecule has 1 unspecified atom stereocenters. The number of morpholine rings is 1. The molecule has 0 aromatic carbocycles. The number of hydrogen-bond acceptors (Lipinski definition) is 3. The van der Waals surface area contributed by atoms with Crippen LogP contribution in [0.15, 0.2) is 0 Å². The van der Waals surface area contributed by atoms with Crippen LogP contribution in [0.3, 0.4) is 0 Å². The summed E-state index contributed by atoms with van der Waals surface area (Å²) in [6, 6.07) is 2.68. The second-order valence-corrected chi connectivity index (χ2v) is 3.07. The summed E-state index contributed by atoms with van der Waals surface area (Å²) < 4.78 is 5.25. The summed E-state index contributed by atoms with van der Waals surface area (Å²) in [4.78, 5) is 2.35. The number of rotatable bonds is 3. The highest BCUT2D eigenvalue weighted by Gasteiger charge is 2.18. The average Bonchev–Trinajstić information content (AvgIpc) is 2.15. The lowest BCUT2D eigenvalue weighted by atomic mass is 10.1. The molecule has 1 aliphatic heterocycles. The first kappa shape index (κ1) is 9.50. The van der Waals surface area contributed by atoms with Gasteiger partial charge in [-0.05, 0) is 6.42 Å². The molecule has 0 aromatic rings. The number of nitrogens with zero attached hydrogens (tertiary/aromatic N) is 2. The van der Waals surface area contributed by atoms with E-state index in [1.165, 1.54) is 0 Å². The smallest absolute Gasteiger partial charge is 0.0638 e. The van der Waals surface area contributed by atoms with E-state index in [9.17, 15) is 0 Å². The molecule has 0 saturated carbocycles. The van der Waals surface area contributed by atoms with Crippen LogP contribution in [-0.4, -0.2) is 37.2 Å². The molecule has 0 radical (unpaired) electrons. The molecule has 3 nitrogen and oxygen atoms in total. The van der Waals surface area contributed by atoms with Crippen molar-refractivity contribution < 1.29 is 4.74 Å². The first-order chi connectivity index (χ1) is 5.88. The minimum absolute atomic E-state index is 0.443. The first-order valence-electron chi connectivity index (χ1n) is 4.57. The van der Waals surface area contributed by atoms with Gasteiger partial charge in [-0.1, -0.05) is 6.92 Å². The first-order valence-corrected chi connectivity index (χ1v) is 4.57. The Labute approximate surface area is 73.9 Å². The van der Waals surface area contributed by atoms with E-state index < -0.39 is 0 Å². The van der Waals surface area contributed by atoms with Gasteiger partial charge in [-0.2, -0.15) is 5.26 Å². The maximum Gasteiger partial charge on any atom is 0.0638 e. The molecule has 0 aromatic heterocycles. The van der Waals surface area contributed by atoms with E-state index >= 15 is 0 Å². The average molecular weight is 168 g/mol. The monoisotopic (exact) mass is 168 g/mol. The summed E-state index contributed by atoms with van der Waals surface area (Å²) in [6.45, 7) is 5.75. The van der Waals surface area contributed by atoms with Gasteiger partial charge in [0, 0.05) is 19.1 Å². The van der Waals surface area contributed by atoms with Gasteiger partial charge in [-0.3, -0.25) is 4.90 Å². The minimum Gasteiger partial charge on any atom is -0.379 e. The van der Waals surface area contributed by atoms with Crippen LogP contribution in [0, 0.1) is 11.3 Å². The van der Waals surface area contributed by atoms with Crippen LogP contribution >= 0.6 is 0 Å². The zero-order valence-corrected chi connectivity index (χ0v) is 7.62. The molecule has 1 saturated heterocycles. The highest BCUT2D eigenvalue weighted by molar-refractivity contribution is 4.82. The molecule has 12 heavy (non-hydrogen) atoms. The van der Waals surface area contributed by atoms with Crippen molar-refractivity contribution in [2.45, 2.75) is 25.8 Å². The van der Waals surface area contributed by atoms with Crippen LogP contribution in [0.25, 0.3) is 0 Å². The van der Waals surface area contributed by atoms with Crippen molar-refractivity contribution in [1.29, 1.82) is 5.26 Å². The van der Waals surface area contributed by atoms with Crippen LogP contribution in [0.5, 0.6) is 0 Å². The number of hydrogen-bond donors (Lipinski definition) is 0. The molecule has 0 amide bonds. The second-order valence-electron chi connectivity index (χ2n) is 3.07. The third kappa shape index (κ3) is 2.47. The third-order valence-electron chi connectivity index (χ3n) is 2.36. The van der Waals surface area contributed by atoms with Gasteiger partial charge in [0.2, 0.25) is 0 Å². The fraction of sp³-hybridized carbons (Fsp3) is 0.889. The zero-order valence-electron chi connectivity index (χ0n) is 7.62. The molecule has 68 valence electrons. The molecular weight excluding hydrogens is 152 g/mol. The minimum atomic E-state index is 0.443. The summed E-state index contributed by atoms with van der Waals surface area (Å²) in [5, 5.41) is 8.59. The van der Waals surface area contributed by atoms with E-state index in [1.807, 2.05) is 0 Å². The molecule has 1 rings (SSSR count). The Morgan fingerprint density at radius 3 is 2.67 bits per heavy atom. The summed E-state index contributed by atoms with van der Waals surface area (Å²) in [5.74, 6) is 0. The lowest BCUT2D eigenvalue weighted by Crippen LogP contribution is -2.43. The van der Waals surface area contributed by atoms with Gasteiger partial charge in [0.05, 0.1) is 25.7 Å². The van der Waals surface area contributed by atoms with E-state index in [-0.39, 0.29) is 0 Å².